The van der Waals surface area contributed by atoms with Gasteiger partial charge < -0.3 is 9.47 Å². The van der Waals surface area contributed by atoms with Gasteiger partial charge in [0.05, 0.1) is 22.1 Å². The number of thiophene rings is 1. The highest BCUT2D eigenvalue weighted by Gasteiger charge is 2.47. The van der Waals surface area contributed by atoms with Gasteiger partial charge in [0.2, 0.25) is 0 Å². The highest BCUT2D eigenvalue weighted by Crippen LogP contribution is 2.59. The molecule has 0 unspecified atom stereocenters. The van der Waals surface area contributed by atoms with E-state index in [2.05, 4.69) is 301 Å². The second kappa shape index (κ2) is 17.8. The van der Waals surface area contributed by atoms with Crippen molar-refractivity contribution in [2.75, 3.05) is 4.90 Å². The van der Waals surface area contributed by atoms with Crippen molar-refractivity contribution in [1.82, 2.24) is 4.57 Å². The maximum Gasteiger partial charge on any atom is 0.0714 e. The lowest BCUT2D eigenvalue weighted by Crippen LogP contribution is -2.28. The summed E-state index contributed by atoms with van der Waals surface area (Å²) in [7, 11) is 0. The molecule has 0 N–H and O–H groups in total. The van der Waals surface area contributed by atoms with Gasteiger partial charge in [0, 0.05) is 53.6 Å². The lowest BCUT2D eigenvalue weighted by Gasteiger charge is -2.34. The number of benzene rings is 12. The molecule has 0 amide bonds. The van der Waals surface area contributed by atoms with Crippen LogP contribution < -0.4 is 4.90 Å². The molecule has 0 bridgehead atoms. The molecule has 356 valence electrons. The van der Waals surface area contributed by atoms with E-state index in [4.69, 9.17) is 0 Å². The lowest BCUT2D eigenvalue weighted by atomic mass is 9.68. The fourth-order valence-corrected chi connectivity index (χ4v) is 13.6. The number of rotatable bonds is 9. The van der Waals surface area contributed by atoms with E-state index in [1.54, 1.807) is 0 Å². The van der Waals surface area contributed by atoms with E-state index in [9.17, 15) is 0 Å². The highest BCUT2D eigenvalue weighted by atomic mass is 32.1. The summed E-state index contributed by atoms with van der Waals surface area (Å²) in [5, 5.41) is 5.16. The summed E-state index contributed by atoms with van der Waals surface area (Å²) in [4.78, 5) is 2.47. The average molecular weight is 985 g/mol. The van der Waals surface area contributed by atoms with Crippen LogP contribution in [-0.4, -0.2) is 4.57 Å². The van der Waals surface area contributed by atoms with Crippen LogP contribution in [0.3, 0.4) is 0 Å². The summed E-state index contributed by atoms with van der Waals surface area (Å²) in [6.07, 6.45) is 0. The van der Waals surface area contributed by atoms with Crippen LogP contribution >= 0.6 is 11.3 Å². The summed E-state index contributed by atoms with van der Waals surface area (Å²) < 4.78 is 5.02. The molecule has 14 aromatic rings. The molecule has 0 saturated carbocycles. The Kier molecular flexibility index (Phi) is 10.3. The van der Waals surface area contributed by atoms with E-state index in [-0.39, 0.29) is 0 Å². The molecule has 0 atom stereocenters. The zero-order valence-corrected chi connectivity index (χ0v) is 42.3. The Morgan fingerprint density at radius 2 is 0.789 bits per heavy atom. The molecule has 2 heterocycles. The van der Waals surface area contributed by atoms with Crippen molar-refractivity contribution in [2.45, 2.75) is 5.41 Å². The Morgan fingerprint density at radius 1 is 0.316 bits per heavy atom. The van der Waals surface area contributed by atoms with Crippen molar-refractivity contribution in [2.24, 2.45) is 0 Å². The largest absolute Gasteiger partial charge is 0.310 e. The van der Waals surface area contributed by atoms with Crippen LogP contribution in [0, 0.1) is 0 Å². The number of nitrogens with zero attached hydrogens (tertiary/aromatic N) is 2. The lowest BCUT2D eigenvalue weighted by molar-refractivity contribution is 0.768. The third-order valence-electron chi connectivity index (χ3n) is 15.9. The second-order valence-corrected chi connectivity index (χ2v) is 21.0. The predicted octanol–water partition coefficient (Wildman–Crippen LogP) is 20.0. The molecule has 15 rings (SSSR count). The van der Waals surface area contributed by atoms with Gasteiger partial charge >= 0.3 is 0 Å². The van der Waals surface area contributed by atoms with E-state index >= 15 is 0 Å². The Hall–Kier alpha value is -9.54. The maximum atomic E-state index is 2.47. The van der Waals surface area contributed by atoms with Crippen LogP contribution in [0.5, 0.6) is 0 Å². The van der Waals surface area contributed by atoms with Crippen LogP contribution in [0.25, 0.3) is 92.2 Å². The molecule has 0 radical (unpaired) electrons. The number of fused-ring (bicyclic) bond motifs is 9. The minimum atomic E-state index is -0.526. The van der Waals surface area contributed by atoms with Crippen LogP contribution in [0.4, 0.5) is 17.1 Å². The van der Waals surface area contributed by atoms with Crippen LogP contribution in [0.1, 0.15) is 22.3 Å². The zero-order valence-electron chi connectivity index (χ0n) is 41.5. The molecule has 1 aliphatic rings. The Balaban J connectivity index is 0.852. The van der Waals surface area contributed by atoms with Crippen molar-refractivity contribution >= 4 is 70.4 Å². The van der Waals surface area contributed by atoms with Gasteiger partial charge in [-0.1, -0.05) is 212 Å². The van der Waals surface area contributed by atoms with Gasteiger partial charge in [0.1, 0.15) is 0 Å². The van der Waals surface area contributed by atoms with Gasteiger partial charge in [-0.25, -0.2) is 0 Å². The minimum absolute atomic E-state index is 0.526. The normalized spacial score (nSPS) is 12.6. The molecule has 76 heavy (non-hydrogen) atoms. The second-order valence-electron chi connectivity index (χ2n) is 20.0. The monoisotopic (exact) mass is 984 g/mol. The fourth-order valence-electron chi connectivity index (χ4n) is 12.5. The van der Waals surface area contributed by atoms with Crippen molar-refractivity contribution in [3.63, 3.8) is 0 Å². The average Bonchev–Trinajstić information content (AvgIpc) is 4.26. The van der Waals surface area contributed by atoms with Gasteiger partial charge in [-0.3, -0.25) is 0 Å². The van der Waals surface area contributed by atoms with Gasteiger partial charge in [-0.05, 0) is 140 Å². The highest BCUT2D eigenvalue weighted by molar-refractivity contribution is 7.25. The number of anilines is 3. The van der Waals surface area contributed by atoms with Gasteiger partial charge in [0.25, 0.3) is 0 Å². The van der Waals surface area contributed by atoms with E-state index in [1.807, 2.05) is 11.3 Å². The van der Waals surface area contributed by atoms with Crippen LogP contribution in [-0.2, 0) is 5.41 Å². The zero-order chi connectivity index (χ0) is 50.2. The molecular weight excluding hydrogens is 937 g/mol. The molecule has 1 aliphatic carbocycles. The maximum absolute atomic E-state index is 2.47. The van der Waals surface area contributed by atoms with Crippen LogP contribution in [0.2, 0.25) is 0 Å². The number of hydrogen-bond donors (Lipinski definition) is 0. The fraction of sp³-hybridized carbons (Fsp3) is 0.0137. The first-order chi connectivity index (χ1) is 37.7. The SMILES string of the molecule is c1ccc(C2(c3ccccc3)c3ccccc3-c3c(N(c4ccc(-c5ccc(-n6c7ccccc7c7ccccc76)cc5)cc4)c4ccc(-c5cccc(-c6ccc7sc8ccccc8c7c6)c5)cc4)cccc32)cc1. The quantitative estimate of drug-likeness (QED) is 0.140. The van der Waals surface area contributed by atoms with Crippen molar-refractivity contribution in [3.05, 3.63) is 313 Å². The van der Waals surface area contributed by atoms with Gasteiger partial charge in [0.15, 0.2) is 0 Å². The first-order valence-electron chi connectivity index (χ1n) is 26.1. The smallest absolute Gasteiger partial charge is 0.0714 e. The molecule has 0 aliphatic heterocycles. The number of hydrogen-bond acceptors (Lipinski definition) is 2. The van der Waals surface area contributed by atoms with E-state index in [1.165, 1.54) is 103 Å². The van der Waals surface area contributed by atoms with E-state index in [0.717, 1.165) is 28.3 Å². The Labute approximate surface area is 446 Å². The number of para-hydroxylation sites is 2. The third-order valence-corrected chi connectivity index (χ3v) is 17.0. The number of aromatic nitrogens is 1. The Morgan fingerprint density at radius 3 is 1.45 bits per heavy atom. The molecule has 2 aromatic heterocycles. The molecule has 12 aromatic carbocycles. The summed E-state index contributed by atoms with van der Waals surface area (Å²) >= 11 is 1.86. The first-order valence-corrected chi connectivity index (χ1v) is 27.0. The molecule has 0 fully saturated rings. The molecule has 0 spiro atoms. The molecule has 0 saturated heterocycles. The van der Waals surface area contributed by atoms with E-state index in [0.29, 0.717) is 0 Å². The third kappa shape index (κ3) is 6.94. The van der Waals surface area contributed by atoms with Crippen LogP contribution in [0.15, 0.2) is 291 Å². The Bertz CT molecular complexity index is 4400. The van der Waals surface area contributed by atoms with E-state index < -0.39 is 5.41 Å². The molecular formula is C73H48N2S. The van der Waals surface area contributed by atoms with Crippen molar-refractivity contribution in [1.29, 1.82) is 0 Å². The van der Waals surface area contributed by atoms with Crippen molar-refractivity contribution in [3.8, 4) is 50.2 Å². The molecule has 3 heteroatoms. The summed E-state index contributed by atoms with van der Waals surface area (Å²) in [5.41, 5.74) is 21.0. The van der Waals surface area contributed by atoms with Gasteiger partial charge in [-0.2, -0.15) is 0 Å². The predicted molar refractivity (Wildman–Crippen MR) is 322 cm³/mol. The molecule has 2 nitrogen and oxygen atoms in total. The summed E-state index contributed by atoms with van der Waals surface area (Å²) in [6, 6.07) is 108. The minimum Gasteiger partial charge on any atom is -0.310 e. The van der Waals surface area contributed by atoms with Crippen molar-refractivity contribution < 1.29 is 0 Å². The summed E-state index contributed by atoms with van der Waals surface area (Å²) in [6.45, 7) is 0. The summed E-state index contributed by atoms with van der Waals surface area (Å²) in [5.74, 6) is 0. The van der Waals surface area contributed by atoms with Gasteiger partial charge in [-0.15, -0.1) is 11.3 Å². The standard InChI is InChI=1S/C73H48N2S/c1-3-19-55(20-4-1)73(56-21-5-2-6-22-56)65-27-11-7-26-63(65)72-66(73)28-16-31-69(72)74(57-40-33-49(34-41-57)50-35-44-59(45-36-50)75-67-29-12-8-23-60(67)61-24-9-13-30-68(61)75)58-42-37-51(38-43-58)52-17-15-18-53(47-52)54-39-46-71-64(48-54)62-25-10-14-32-70(62)76-71/h1-48H. The first kappa shape index (κ1) is 44.0. The topological polar surface area (TPSA) is 8.17 Å².